The van der Waals surface area contributed by atoms with E-state index in [4.69, 9.17) is 0 Å². The molecule has 0 unspecified atom stereocenters. The maximum Gasteiger partial charge on any atom is 0.252 e. The lowest BCUT2D eigenvalue weighted by Gasteiger charge is -2.45. The fraction of sp³-hybridized carbons (Fsp3) is 0.143. The van der Waals surface area contributed by atoms with Gasteiger partial charge < -0.3 is 14.4 Å². The van der Waals surface area contributed by atoms with E-state index in [-0.39, 0.29) is 6.71 Å². The quantitative estimate of drug-likeness (QED) is 0.159. The van der Waals surface area contributed by atoms with Gasteiger partial charge in [0.2, 0.25) is 0 Å². The number of aromatic nitrogens is 1. The van der Waals surface area contributed by atoms with Crippen LogP contribution in [0.3, 0.4) is 0 Å². The molecule has 2 fully saturated rings. The maximum atomic E-state index is 2.65. The topological polar surface area (TPSA) is 11.4 Å². The van der Waals surface area contributed by atoms with E-state index in [2.05, 4.69) is 221 Å². The highest BCUT2D eigenvalue weighted by atomic mass is 15.2. The third-order valence-electron chi connectivity index (χ3n) is 18.3. The standard InChI is InChI=1S/C70H52BN3/c1-2-14-43(13-1)46-27-33-51(34-28-46)72-63-38-30-47-18-7-8-21-54(47)69(63)71-59-40-50(44-15-3-4-16-44)32-36-60(59)73(52-35-29-45-17-5-6-19-49(45)39-52)65-42-53(41-64(72)70(65)71)74-61-26-12-25-58-56-23-10-9-22-55(56)57-24-11-20-48-31-37-62(74)68(66(48)57)67(58)61/h5-12,17-44H,1-4,13-16H2. The maximum absolute atomic E-state index is 2.65. The van der Waals surface area contributed by atoms with E-state index in [1.807, 2.05) is 0 Å². The lowest BCUT2D eigenvalue weighted by atomic mass is 9.32. The lowest BCUT2D eigenvalue weighted by Crippen LogP contribution is -2.61. The third kappa shape index (κ3) is 5.74. The van der Waals surface area contributed by atoms with E-state index in [1.54, 1.807) is 0 Å². The molecule has 0 amide bonds. The van der Waals surface area contributed by atoms with Gasteiger partial charge in [0.25, 0.3) is 6.71 Å². The first-order valence-electron chi connectivity index (χ1n) is 27.3. The second-order valence-electron chi connectivity index (χ2n) is 22.1. The van der Waals surface area contributed by atoms with E-state index in [0.717, 1.165) is 5.69 Å². The van der Waals surface area contributed by atoms with Crippen molar-refractivity contribution in [2.24, 2.45) is 0 Å². The van der Waals surface area contributed by atoms with Gasteiger partial charge in [0.15, 0.2) is 0 Å². The molecule has 12 aromatic rings. The van der Waals surface area contributed by atoms with E-state index >= 15 is 0 Å². The molecule has 2 aliphatic heterocycles. The van der Waals surface area contributed by atoms with Crippen LogP contribution in [0.5, 0.6) is 0 Å². The predicted molar refractivity (Wildman–Crippen MR) is 314 cm³/mol. The molecule has 0 bridgehead atoms. The van der Waals surface area contributed by atoms with Crippen molar-refractivity contribution < 1.29 is 0 Å². The Bertz CT molecular complexity index is 4360. The highest BCUT2D eigenvalue weighted by Crippen LogP contribution is 2.52. The highest BCUT2D eigenvalue weighted by Gasteiger charge is 2.45. The van der Waals surface area contributed by atoms with E-state index in [0.29, 0.717) is 11.8 Å². The molecule has 0 saturated heterocycles. The summed E-state index contributed by atoms with van der Waals surface area (Å²) in [6.07, 6.45) is 10.3. The zero-order valence-corrected chi connectivity index (χ0v) is 41.4. The zero-order valence-electron chi connectivity index (χ0n) is 41.4. The number of anilines is 6. The monoisotopic (exact) mass is 945 g/mol. The normalized spacial score (nSPS) is 15.8. The van der Waals surface area contributed by atoms with Gasteiger partial charge in [0, 0.05) is 44.9 Å². The molecule has 3 nitrogen and oxygen atoms in total. The first kappa shape index (κ1) is 41.2. The minimum absolute atomic E-state index is 0.00410. The van der Waals surface area contributed by atoms with Crippen LogP contribution < -0.4 is 26.2 Å². The minimum atomic E-state index is -0.00410. The Morgan fingerprint density at radius 2 is 0.905 bits per heavy atom. The van der Waals surface area contributed by atoms with Crippen LogP contribution in [0.4, 0.5) is 34.1 Å². The summed E-state index contributed by atoms with van der Waals surface area (Å²) in [5, 5.41) is 10.4. The molecule has 3 aliphatic carbocycles. The number of hydrogen-bond donors (Lipinski definition) is 0. The van der Waals surface area contributed by atoms with Gasteiger partial charge in [-0.15, -0.1) is 0 Å². The molecule has 11 aromatic carbocycles. The Labute approximate surface area is 432 Å². The van der Waals surface area contributed by atoms with Gasteiger partial charge in [-0.3, -0.25) is 0 Å². The van der Waals surface area contributed by atoms with Crippen molar-refractivity contribution in [2.75, 3.05) is 9.80 Å². The first-order valence-corrected chi connectivity index (χ1v) is 27.3. The largest absolute Gasteiger partial charge is 0.311 e. The lowest BCUT2D eigenvalue weighted by molar-refractivity contribution is 0.723. The third-order valence-corrected chi connectivity index (χ3v) is 18.3. The summed E-state index contributed by atoms with van der Waals surface area (Å²) in [6, 6.07) is 80.2. The minimum Gasteiger partial charge on any atom is -0.311 e. The fourth-order valence-electron chi connectivity index (χ4n) is 15.1. The van der Waals surface area contributed by atoms with Crippen molar-refractivity contribution in [1.29, 1.82) is 0 Å². The van der Waals surface area contributed by atoms with Crippen molar-refractivity contribution in [3.05, 3.63) is 217 Å². The number of benzene rings is 11. The van der Waals surface area contributed by atoms with Crippen LogP contribution in [0.15, 0.2) is 206 Å². The molecule has 3 heterocycles. The molecule has 4 heteroatoms. The number of fused-ring (bicyclic) bond motifs is 10. The van der Waals surface area contributed by atoms with Gasteiger partial charge >= 0.3 is 0 Å². The van der Waals surface area contributed by atoms with Crippen molar-refractivity contribution in [3.8, 4) is 27.9 Å². The van der Waals surface area contributed by atoms with Crippen molar-refractivity contribution in [1.82, 2.24) is 4.57 Å². The van der Waals surface area contributed by atoms with Gasteiger partial charge in [-0.1, -0.05) is 171 Å². The molecule has 74 heavy (non-hydrogen) atoms. The second kappa shape index (κ2) is 15.6. The van der Waals surface area contributed by atoms with Gasteiger partial charge in [0.05, 0.1) is 16.7 Å². The zero-order chi connectivity index (χ0) is 48.2. The van der Waals surface area contributed by atoms with E-state index in [9.17, 15) is 0 Å². The summed E-state index contributed by atoms with van der Waals surface area (Å²) in [4.78, 5) is 5.29. The molecule has 5 aliphatic rings. The molecule has 2 saturated carbocycles. The van der Waals surface area contributed by atoms with Gasteiger partial charge in [-0.2, -0.15) is 0 Å². The van der Waals surface area contributed by atoms with Crippen LogP contribution in [0.25, 0.3) is 82.1 Å². The number of rotatable bonds is 5. The first-order chi connectivity index (χ1) is 36.7. The van der Waals surface area contributed by atoms with E-state index < -0.39 is 0 Å². The van der Waals surface area contributed by atoms with Gasteiger partial charge in [-0.05, 0) is 180 Å². The summed E-state index contributed by atoms with van der Waals surface area (Å²) < 4.78 is 2.61. The van der Waals surface area contributed by atoms with Crippen LogP contribution in [0.2, 0.25) is 0 Å². The van der Waals surface area contributed by atoms with Crippen LogP contribution in [0, 0.1) is 0 Å². The number of hydrogen-bond acceptors (Lipinski definition) is 2. The molecule has 17 rings (SSSR count). The Morgan fingerprint density at radius 1 is 0.338 bits per heavy atom. The highest BCUT2D eigenvalue weighted by molar-refractivity contribution is 7.01. The average molecular weight is 946 g/mol. The summed E-state index contributed by atoms with van der Waals surface area (Å²) in [7, 11) is 0. The second-order valence-corrected chi connectivity index (χ2v) is 22.1. The van der Waals surface area contributed by atoms with Crippen LogP contribution in [0.1, 0.15) is 74.3 Å². The molecule has 0 spiro atoms. The number of nitrogens with zero attached hydrogens (tertiary/aromatic N) is 3. The molecule has 1 aromatic heterocycles. The van der Waals surface area contributed by atoms with Crippen LogP contribution >= 0.6 is 0 Å². The fourth-order valence-corrected chi connectivity index (χ4v) is 15.1. The molecular formula is C70H52BN3. The smallest absolute Gasteiger partial charge is 0.252 e. The van der Waals surface area contributed by atoms with Crippen molar-refractivity contribution in [3.63, 3.8) is 0 Å². The average Bonchev–Trinajstić information content (AvgIpc) is 4.26. The summed E-state index contributed by atoms with van der Waals surface area (Å²) in [6.45, 7) is -0.00410. The Kier molecular flexibility index (Phi) is 8.67. The van der Waals surface area contributed by atoms with Crippen molar-refractivity contribution in [2.45, 2.75) is 63.2 Å². The van der Waals surface area contributed by atoms with Crippen LogP contribution in [-0.4, -0.2) is 11.3 Å². The van der Waals surface area contributed by atoms with Crippen molar-refractivity contribution >= 4 is 111 Å². The molecule has 0 atom stereocenters. The van der Waals surface area contributed by atoms with E-state index in [1.165, 1.54) is 189 Å². The molecular weight excluding hydrogens is 894 g/mol. The summed E-state index contributed by atoms with van der Waals surface area (Å²) in [5.74, 6) is 1.22. The van der Waals surface area contributed by atoms with Gasteiger partial charge in [0.1, 0.15) is 0 Å². The Balaban J connectivity index is 1.02. The molecule has 0 radical (unpaired) electrons. The molecule has 0 N–H and O–H groups in total. The Morgan fingerprint density at radius 3 is 1.69 bits per heavy atom. The molecule has 350 valence electrons. The summed E-state index contributed by atoms with van der Waals surface area (Å²) >= 11 is 0. The SMILES string of the molecule is c1ccc2c(c1)-c1cccc3ccc4c(c13)c1c-2cccc1n4-c1cc2c3c(c1)N(c1ccc(C4CCCC4)cc1)c1ccc4ccccc4c1B3c1cc(C3CCCC3)ccc1N2c1ccc2ccccc2c1. The Hall–Kier alpha value is -8.34. The van der Waals surface area contributed by atoms with Crippen LogP contribution in [-0.2, 0) is 0 Å². The predicted octanol–water partition coefficient (Wildman–Crippen LogP) is 17.3. The van der Waals surface area contributed by atoms with Gasteiger partial charge in [-0.25, -0.2) is 0 Å². The summed E-state index contributed by atoms with van der Waals surface area (Å²) in [5.41, 5.74) is 23.3.